The van der Waals surface area contributed by atoms with E-state index in [1.807, 2.05) is 36.4 Å². The molecule has 0 aliphatic rings. The number of hydrogen-bond acceptors (Lipinski definition) is 4. The molecule has 3 aromatic carbocycles. The molecular weight excluding hydrogens is 424 g/mol. The average Bonchev–Trinajstić information content (AvgIpc) is 2.71. The summed E-state index contributed by atoms with van der Waals surface area (Å²) >= 11 is 3.31. The molecule has 28 heavy (non-hydrogen) atoms. The Labute approximate surface area is 170 Å². The van der Waals surface area contributed by atoms with Crippen LogP contribution in [-0.4, -0.2) is 25.0 Å². The Bertz CT molecular complexity index is 1020. The zero-order valence-corrected chi connectivity index (χ0v) is 16.9. The molecule has 1 atom stereocenters. The first-order chi connectivity index (χ1) is 13.5. The number of halogens is 1. The van der Waals surface area contributed by atoms with E-state index >= 15 is 0 Å². The van der Waals surface area contributed by atoms with Crippen LogP contribution < -0.4 is 20.3 Å². The number of hydrazine groups is 1. The van der Waals surface area contributed by atoms with Gasteiger partial charge in [0.25, 0.3) is 11.8 Å². The third kappa shape index (κ3) is 4.61. The first-order valence-corrected chi connectivity index (χ1v) is 9.36. The van der Waals surface area contributed by atoms with Crippen LogP contribution in [0.1, 0.15) is 17.3 Å². The fourth-order valence-electron chi connectivity index (χ4n) is 2.64. The van der Waals surface area contributed by atoms with Crippen LogP contribution in [0.25, 0.3) is 10.8 Å². The Morgan fingerprint density at radius 1 is 0.964 bits per heavy atom. The summed E-state index contributed by atoms with van der Waals surface area (Å²) in [6.45, 7) is 1.61. The van der Waals surface area contributed by atoms with Crippen molar-refractivity contribution in [2.75, 3.05) is 7.11 Å². The van der Waals surface area contributed by atoms with Crippen molar-refractivity contribution in [3.63, 3.8) is 0 Å². The Morgan fingerprint density at radius 2 is 1.71 bits per heavy atom. The molecule has 0 fully saturated rings. The van der Waals surface area contributed by atoms with E-state index < -0.39 is 17.9 Å². The zero-order chi connectivity index (χ0) is 20.1. The van der Waals surface area contributed by atoms with Gasteiger partial charge in [0.1, 0.15) is 11.5 Å². The van der Waals surface area contributed by atoms with Crippen molar-refractivity contribution in [3.8, 4) is 11.5 Å². The zero-order valence-electron chi connectivity index (χ0n) is 15.4. The van der Waals surface area contributed by atoms with E-state index in [1.54, 1.807) is 31.2 Å². The molecule has 3 rings (SSSR count). The van der Waals surface area contributed by atoms with Crippen molar-refractivity contribution in [3.05, 3.63) is 70.7 Å². The number of hydrogen-bond donors (Lipinski definition) is 2. The number of nitrogens with one attached hydrogen (secondary N) is 2. The van der Waals surface area contributed by atoms with E-state index in [2.05, 4.69) is 26.8 Å². The molecule has 0 heterocycles. The quantitative estimate of drug-likeness (QED) is 0.588. The number of fused-ring (bicyclic) bond motifs is 1. The first kappa shape index (κ1) is 19.7. The van der Waals surface area contributed by atoms with Crippen LogP contribution in [0, 0.1) is 0 Å². The third-order valence-electron chi connectivity index (χ3n) is 4.11. The first-order valence-electron chi connectivity index (χ1n) is 8.57. The number of carbonyl (C=O) groups is 2. The van der Waals surface area contributed by atoms with E-state index in [9.17, 15) is 9.59 Å². The van der Waals surface area contributed by atoms with Crippen molar-refractivity contribution in [1.82, 2.24) is 10.9 Å². The van der Waals surface area contributed by atoms with Crippen molar-refractivity contribution in [1.29, 1.82) is 0 Å². The Morgan fingerprint density at radius 3 is 2.46 bits per heavy atom. The molecule has 0 saturated heterocycles. The molecule has 0 radical (unpaired) electrons. The van der Waals surface area contributed by atoms with Gasteiger partial charge in [-0.1, -0.05) is 46.3 Å². The summed E-state index contributed by atoms with van der Waals surface area (Å²) in [4.78, 5) is 24.6. The van der Waals surface area contributed by atoms with Gasteiger partial charge in [0.15, 0.2) is 6.10 Å². The smallest absolute Gasteiger partial charge is 0.279 e. The normalized spacial score (nSPS) is 11.5. The lowest BCUT2D eigenvalue weighted by Gasteiger charge is -2.16. The second kappa shape index (κ2) is 8.75. The molecule has 7 heteroatoms. The minimum Gasteiger partial charge on any atom is -0.496 e. The topological polar surface area (TPSA) is 76.7 Å². The van der Waals surface area contributed by atoms with Gasteiger partial charge in [0.2, 0.25) is 0 Å². The van der Waals surface area contributed by atoms with E-state index in [1.165, 1.54) is 7.11 Å². The Kier molecular flexibility index (Phi) is 6.16. The summed E-state index contributed by atoms with van der Waals surface area (Å²) in [6.07, 6.45) is -0.800. The summed E-state index contributed by atoms with van der Waals surface area (Å²) in [6, 6.07) is 18.5. The van der Waals surface area contributed by atoms with Gasteiger partial charge >= 0.3 is 0 Å². The van der Waals surface area contributed by atoms with Gasteiger partial charge in [-0.3, -0.25) is 20.4 Å². The molecule has 6 nitrogen and oxygen atoms in total. The predicted octanol–water partition coefficient (Wildman–Crippen LogP) is 3.84. The number of benzene rings is 3. The summed E-state index contributed by atoms with van der Waals surface area (Å²) in [5.74, 6) is -0.00313. The highest BCUT2D eigenvalue weighted by Gasteiger charge is 2.18. The van der Waals surface area contributed by atoms with Crippen molar-refractivity contribution >= 4 is 38.5 Å². The van der Waals surface area contributed by atoms with Crippen LogP contribution >= 0.6 is 15.9 Å². The maximum Gasteiger partial charge on any atom is 0.279 e. The molecule has 0 aliphatic heterocycles. The summed E-state index contributed by atoms with van der Waals surface area (Å²) in [5.41, 5.74) is 5.04. The molecule has 0 aliphatic carbocycles. The lowest BCUT2D eigenvalue weighted by molar-refractivity contribution is -0.128. The maximum absolute atomic E-state index is 12.3. The standard InChI is InChI=1S/C21H19BrN2O4/c1-13(28-17-9-7-14-5-3-4-6-15(14)11-17)20(25)23-24-21(26)18-12-16(22)8-10-19(18)27-2/h3-13H,1-2H3,(H,23,25)(H,24,26). The molecule has 0 spiro atoms. The summed E-state index contributed by atoms with van der Waals surface area (Å²) in [7, 11) is 1.47. The second-order valence-corrected chi connectivity index (χ2v) is 6.97. The highest BCUT2D eigenvalue weighted by molar-refractivity contribution is 9.10. The van der Waals surface area contributed by atoms with Crippen LogP contribution in [0.2, 0.25) is 0 Å². The lowest BCUT2D eigenvalue weighted by atomic mass is 10.1. The second-order valence-electron chi connectivity index (χ2n) is 6.06. The van der Waals surface area contributed by atoms with Crippen molar-refractivity contribution in [2.24, 2.45) is 0 Å². The molecule has 0 bridgehead atoms. The van der Waals surface area contributed by atoms with Gasteiger partial charge < -0.3 is 9.47 Å². The Hall–Kier alpha value is -3.06. The molecule has 0 saturated carbocycles. The van der Waals surface area contributed by atoms with E-state index in [-0.39, 0.29) is 0 Å². The molecule has 0 aromatic heterocycles. The van der Waals surface area contributed by atoms with E-state index in [0.29, 0.717) is 17.1 Å². The molecule has 3 aromatic rings. The summed E-state index contributed by atoms with van der Waals surface area (Å²) in [5, 5.41) is 2.10. The average molecular weight is 443 g/mol. The van der Waals surface area contributed by atoms with E-state index in [0.717, 1.165) is 15.2 Å². The molecule has 2 amide bonds. The highest BCUT2D eigenvalue weighted by Crippen LogP contribution is 2.23. The van der Waals surface area contributed by atoms with Gasteiger partial charge in [-0.2, -0.15) is 0 Å². The van der Waals surface area contributed by atoms with Gasteiger partial charge in [-0.25, -0.2) is 0 Å². The van der Waals surface area contributed by atoms with Crippen molar-refractivity contribution in [2.45, 2.75) is 13.0 Å². The number of amides is 2. The van der Waals surface area contributed by atoms with Crippen LogP contribution in [-0.2, 0) is 4.79 Å². The number of ether oxygens (including phenoxy) is 2. The fraction of sp³-hybridized carbons (Fsp3) is 0.143. The third-order valence-corrected chi connectivity index (χ3v) is 4.60. The van der Waals surface area contributed by atoms with Gasteiger partial charge in [-0.15, -0.1) is 0 Å². The minimum atomic E-state index is -0.800. The SMILES string of the molecule is COc1ccc(Br)cc1C(=O)NNC(=O)C(C)Oc1ccc2ccccc2c1. The molecule has 2 N–H and O–H groups in total. The monoisotopic (exact) mass is 442 g/mol. The number of rotatable bonds is 5. The predicted molar refractivity (Wildman–Crippen MR) is 110 cm³/mol. The lowest BCUT2D eigenvalue weighted by Crippen LogP contribution is -2.47. The van der Waals surface area contributed by atoms with Gasteiger partial charge in [0, 0.05) is 4.47 Å². The van der Waals surface area contributed by atoms with Crippen molar-refractivity contribution < 1.29 is 19.1 Å². The highest BCUT2D eigenvalue weighted by atomic mass is 79.9. The van der Waals surface area contributed by atoms with E-state index in [4.69, 9.17) is 9.47 Å². The summed E-state index contributed by atoms with van der Waals surface area (Å²) < 4.78 is 11.6. The largest absolute Gasteiger partial charge is 0.496 e. The number of methoxy groups -OCH3 is 1. The molecular formula is C21H19BrN2O4. The van der Waals surface area contributed by atoms with Crippen LogP contribution in [0.15, 0.2) is 65.1 Å². The minimum absolute atomic E-state index is 0.292. The van der Waals surface area contributed by atoms with Crippen LogP contribution in [0.4, 0.5) is 0 Å². The maximum atomic E-state index is 12.3. The number of carbonyl (C=O) groups excluding carboxylic acids is 2. The fourth-order valence-corrected chi connectivity index (χ4v) is 3.00. The van der Waals surface area contributed by atoms with Gasteiger partial charge in [-0.05, 0) is 48.0 Å². The Balaban J connectivity index is 1.61. The van der Waals surface area contributed by atoms with Gasteiger partial charge in [0.05, 0.1) is 12.7 Å². The van der Waals surface area contributed by atoms with Crippen LogP contribution in [0.3, 0.4) is 0 Å². The van der Waals surface area contributed by atoms with Crippen LogP contribution in [0.5, 0.6) is 11.5 Å². The molecule has 1 unspecified atom stereocenters. The molecule has 144 valence electrons.